The summed E-state index contributed by atoms with van der Waals surface area (Å²) in [6.07, 6.45) is 0. The summed E-state index contributed by atoms with van der Waals surface area (Å²) in [7, 11) is 0. The van der Waals surface area contributed by atoms with Crippen LogP contribution < -0.4 is 55.8 Å². The van der Waals surface area contributed by atoms with Crippen molar-refractivity contribution in [1.82, 2.24) is 6.15 Å². The van der Waals surface area contributed by atoms with E-state index in [1.807, 2.05) is 0 Å². The van der Waals surface area contributed by atoms with Gasteiger partial charge in [-0.2, -0.15) is 0 Å². The Morgan fingerprint density at radius 2 is 0.500 bits per heavy atom. The molecule has 0 aromatic rings. The van der Waals surface area contributed by atoms with Crippen molar-refractivity contribution in [3.05, 3.63) is 0 Å². The van der Waals surface area contributed by atoms with Crippen LogP contribution in [0.25, 0.3) is 0 Å². The molecule has 0 aliphatic rings. The minimum atomic E-state index is 0. The summed E-state index contributed by atoms with van der Waals surface area (Å²) in [5.74, 6) is 0. The van der Waals surface area contributed by atoms with E-state index in [4.69, 9.17) is 0 Å². The molecule has 0 aliphatic carbocycles. The zero-order valence-electron chi connectivity index (χ0n) is 3.37. The van der Waals surface area contributed by atoms with Crippen molar-refractivity contribution in [2.24, 2.45) is 0 Å². The Balaban J connectivity index is 0. The van der Waals surface area contributed by atoms with Crippen LogP contribution in [0.4, 0.5) is 0 Å². The number of halogens is 6. The molecule has 0 amide bonds. The molecule has 8 heteroatoms. The van der Waals surface area contributed by atoms with Crippen LogP contribution in [0.15, 0.2) is 0 Å². The third kappa shape index (κ3) is 81.7. The molecule has 0 atom stereocenters. The first kappa shape index (κ1) is 164. The van der Waals surface area contributed by atoms with Gasteiger partial charge in [0, 0.05) is 20.1 Å². The van der Waals surface area contributed by atoms with E-state index in [1.54, 1.807) is 0 Å². The summed E-state index contributed by atoms with van der Waals surface area (Å²) in [5.41, 5.74) is 0. The second-order valence-corrected chi connectivity index (χ2v) is 0. The third-order valence-corrected chi connectivity index (χ3v) is 0. The summed E-state index contributed by atoms with van der Waals surface area (Å²) in [6, 6.07) is 0. The molecular formula is H5Cl6IrN-4. The Kier molecular flexibility index (Phi) is 2420. The first-order valence-corrected chi connectivity index (χ1v) is 0. The summed E-state index contributed by atoms with van der Waals surface area (Å²) in [4.78, 5) is 0. The Labute approximate surface area is 99.9 Å². The maximum atomic E-state index is 0. The second-order valence-electron chi connectivity index (χ2n) is 0. The number of hydrogen-bond acceptors (Lipinski definition) is 1. The molecule has 0 aromatic carbocycles. The second kappa shape index (κ2) is 118. The van der Waals surface area contributed by atoms with Crippen molar-refractivity contribution in [1.29, 1.82) is 0 Å². The maximum Gasteiger partial charge on any atom is 0 e. The molecule has 1 radical (unpaired) electrons. The van der Waals surface area contributed by atoms with Crippen molar-refractivity contribution in [2.75, 3.05) is 0 Å². The van der Waals surface area contributed by atoms with Gasteiger partial charge in [-0.3, -0.25) is 0 Å². The van der Waals surface area contributed by atoms with E-state index in [-0.39, 0.29) is 101 Å². The van der Waals surface area contributed by atoms with Crippen molar-refractivity contribution in [3.63, 3.8) is 0 Å². The van der Waals surface area contributed by atoms with Gasteiger partial charge in [0.05, 0.1) is 0 Å². The minimum Gasteiger partial charge on any atom is -1.00 e. The molecule has 0 fully saturated rings. The Morgan fingerprint density at radius 3 is 0.500 bits per heavy atom. The molecule has 0 bridgehead atoms. The first-order chi connectivity index (χ1) is 0. The van der Waals surface area contributed by atoms with E-state index < -0.39 is 0 Å². The molecular weight excluding hydrogens is 419 g/mol. The predicted octanol–water partition coefficient (Wildman–Crippen LogP) is -11.0. The van der Waals surface area contributed by atoms with E-state index in [2.05, 4.69) is 0 Å². The molecule has 0 unspecified atom stereocenters. The summed E-state index contributed by atoms with van der Waals surface area (Å²) < 4.78 is 0. The summed E-state index contributed by atoms with van der Waals surface area (Å²) >= 11 is 0. The zero-order valence-corrected chi connectivity index (χ0v) is 10.4. The van der Waals surface area contributed by atoms with E-state index in [0.29, 0.717) is 0 Å². The van der Waals surface area contributed by atoms with Gasteiger partial charge in [0.25, 0.3) is 0 Å². The van der Waals surface area contributed by atoms with Gasteiger partial charge in [0.1, 0.15) is 0 Å². The average molecular weight is 424 g/mol. The van der Waals surface area contributed by atoms with Crippen LogP contribution in [0.2, 0.25) is 0 Å². The van der Waals surface area contributed by atoms with E-state index in [9.17, 15) is 0 Å². The monoisotopic (exact) mass is 422 g/mol. The molecule has 0 heterocycles. The Bertz CT molecular complexity index is 8.49. The molecule has 1 nitrogen and oxygen atoms in total. The van der Waals surface area contributed by atoms with Gasteiger partial charge in [-0.25, -0.2) is 0 Å². The quantitative estimate of drug-likeness (QED) is 0.412. The maximum absolute atomic E-state index is 0. The van der Waals surface area contributed by atoms with E-state index >= 15 is 0 Å². The van der Waals surface area contributed by atoms with Crippen LogP contribution >= 0.6 is 24.8 Å². The zero-order chi connectivity index (χ0) is 0. The van der Waals surface area contributed by atoms with Crippen LogP contribution in [0.1, 0.15) is 0 Å². The molecule has 0 rings (SSSR count). The van der Waals surface area contributed by atoms with Gasteiger partial charge < -0.3 is 55.8 Å². The largest absolute Gasteiger partial charge is 1.00 e. The van der Waals surface area contributed by atoms with E-state index in [1.165, 1.54) is 0 Å². The fourth-order valence-corrected chi connectivity index (χ4v) is 0. The summed E-state index contributed by atoms with van der Waals surface area (Å²) in [6.45, 7) is 0. The molecule has 65 valence electrons. The van der Waals surface area contributed by atoms with Crippen molar-refractivity contribution in [2.45, 2.75) is 0 Å². The normalized spacial score (nSPS) is 0. The molecule has 0 aromatic heterocycles. The van der Waals surface area contributed by atoms with Crippen molar-refractivity contribution >= 4 is 24.8 Å². The van der Waals surface area contributed by atoms with Gasteiger partial charge in [-0.05, 0) is 0 Å². The van der Waals surface area contributed by atoms with Crippen LogP contribution in [0.3, 0.4) is 0 Å². The predicted molar refractivity (Wildman–Crippen MR) is 19.5 cm³/mol. The molecule has 0 spiro atoms. The standard InChI is InChI=1S/6ClH.Ir.H3N/h6*1H;;1H3/p-4. The topological polar surface area (TPSA) is 35.0 Å². The van der Waals surface area contributed by atoms with Crippen molar-refractivity contribution in [3.8, 4) is 0 Å². The van der Waals surface area contributed by atoms with Crippen LogP contribution in [0.5, 0.6) is 0 Å². The van der Waals surface area contributed by atoms with Crippen LogP contribution in [-0.4, -0.2) is 0 Å². The van der Waals surface area contributed by atoms with Crippen LogP contribution in [0, 0.1) is 0 Å². The number of rotatable bonds is 0. The average Bonchev–Trinajstić information content (AvgIpc) is 0. The van der Waals surface area contributed by atoms with E-state index in [0.717, 1.165) is 0 Å². The van der Waals surface area contributed by atoms with Crippen molar-refractivity contribution < 1.29 is 69.7 Å². The number of hydrogen-bond donors (Lipinski definition) is 1. The van der Waals surface area contributed by atoms with Gasteiger partial charge in [-0.1, -0.05) is 0 Å². The molecule has 8 heavy (non-hydrogen) atoms. The smallest absolute Gasteiger partial charge is 0 e. The molecule has 0 saturated heterocycles. The van der Waals surface area contributed by atoms with Gasteiger partial charge in [0.15, 0.2) is 0 Å². The van der Waals surface area contributed by atoms with Gasteiger partial charge >= 0.3 is 0 Å². The van der Waals surface area contributed by atoms with Crippen LogP contribution in [-0.2, 0) is 20.1 Å². The third-order valence-electron chi connectivity index (χ3n) is 0. The van der Waals surface area contributed by atoms with Gasteiger partial charge in [0.2, 0.25) is 0 Å². The fraction of sp³-hybridized carbons (Fsp3) is 0. The Morgan fingerprint density at radius 1 is 0.500 bits per heavy atom. The molecule has 0 aliphatic heterocycles. The fourth-order valence-electron chi connectivity index (χ4n) is 0. The molecule has 0 saturated carbocycles. The Hall–Kier alpha value is 2.35. The van der Waals surface area contributed by atoms with Gasteiger partial charge in [-0.15, -0.1) is 24.8 Å². The first-order valence-electron chi connectivity index (χ1n) is 0. The minimum absolute atomic E-state index is 0. The SMILES string of the molecule is Cl.Cl.N.[Cl-].[Cl-].[Cl-].[Cl-].[Ir]. The molecule has 3 N–H and O–H groups in total. The summed E-state index contributed by atoms with van der Waals surface area (Å²) in [5, 5.41) is 0.